The summed E-state index contributed by atoms with van der Waals surface area (Å²) >= 11 is 5.93. The van der Waals surface area contributed by atoms with Gasteiger partial charge in [-0.1, -0.05) is 117 Å². The highest BCUT2D eigenvalue weighted by atomic mass is 35.5. The first-order valence-corrected chi connectivity index (χ1v) is 25.4. The highest BCUT2D eigenvalue weighted by molar-refractivity contribution is 6.17. The van der Waals surface area contributed by atoms with Crippen LogP contribution in [0.4, 0.5) is 8.78 Å². The van der Waals surface area contributed by atoms with Crippen molar-refractivity contribution in [2.45, 2.75) is 129 Å². The average molecular weight is 1020 g/mol. The topological polar surface area (TPSA) is 101 Å². The molecule has 0 aromatic heterocycles. The Kier molecular flexibility index (Phi) is 22.8. The minimum Gasteiger partial charge on any atom is -0.508 e. The normalized spacial score (nSPS) is 12.0. The first-order chi connectivity index (χ1) is 34.7. The van der Waals surface area contributed by atoms with Crippen LogP contribution in [0.2, 0.25) is 0 Å². The Morgan fingerprint density at radius 1 is 0.534 bits per heavy atom. The molecule has 0 amide bonds. The summed E-state index contributed by atoms with van der Waals surface area (Å²) in [4.78, 5) is 23.1. The number of phenolic OH excluding ortho intramolecular Hbond substituents is 1. The molecule has 0 aliphatic heterocycles. The molecule has 0 aliphatic carbocycles. The van der Waals surface area contributed by atoms with Crippen LogP contribution in [-0.4, -0.2) is 45.5 Å². The highest BCUT2D eigenvalue weighted by Crippen LogP contribution is 2.39. The first-order valence-electron chi connectivity index (χ1n) is 24.9. The Hall–Kier alpha value is -6.39. The molecule has 0 saturated carbocycles. The fourth-order valence-electron chi connectivity index (χ4n) is 8.57. The Morgan fingerprint density at radius 2 is 0.932 bits per heavy atom. The number of alkyl halides is 1. The zero-order valence-electron chi connectivity index (χ0n) is 44.8. The number of carbonyl (C=O) groups is 2. The van der Waals surface area contributed by atoms with Gasteiger partial charge in [-0.3, -0.25) is 9.59 Å². The van der Waals surface area contributed by atoms with Crippen LogP contribution in [-0.2, 0) is 42.4 Å². The monoisotopic (exact) mass is 1020 g/mol. The molecule has 8 nitrogen and oxygen atoms in total. The maximum atomic E-state index is 14.9. The molecule has 6 aromatic rings. The fourth-order valence-corrected chi connectivity index (χ4v) is 8.74. The smallest absolute Gasteiger partial charge is 0.306 e. The van der Waals surface area contributed by atoms with E-state index < -0.39 is 0 Å². The molecular weight excluding hydrogens is 946 g/mol. The molecule has 2 atom stereocenters. The summed E-state index contributed by atoms with van der Waals surface area (Å²) in [6.07, 6.45) is 4.63. The number of ether oxygens (including phenoxy) is 5. The second kappa shape index (κ2) is 28.2. The largest absolute Gasteiger partial charge is 0.508 e. The summed E-state index contributed by atoms with van der Waals surface area (Å²) in [7, 11) is 5.99. The van der Waals surface area contributed by atoms with E-state index in [9.17, 15) is 23.5 Å². The molecule has 0 unspecified atom stereocenters. The van der Waals surface area contributed by atoms with Gasteiger partial charge >= 0.3 is 11.9 Å². The van der Waals surface area contributed by atoms with Crippen molar-refractivity contribution >= 4 is 23.5 Å². The van der Waals surface area contributed by atoms with Gasteiger partial charge in [-0.05, 0) is 153 Å². The van der Waals surface area contributed by atoms with Gasteiger partial charge in [0.15, 0.2) is 0 Å². The number of rotatable bonds is 18. The number of esters is 2. The molecular formula is C62H75ClF2O8. The van der Waals surface area contributed by atoms with Crippen LogP contribution in [0.1, 0.15) is 139 Å². The lowest BCUT2D eigenvalue weighted by molar-refractivity contribution is -0.142. The van der Waals surface area contributed by atoms with Gasteiger partial charge in [0, 0.05) is 17.0 Å². The van der Waals surface area contributed by atoms with Crippen LogP contribution in [0.15, 0.2) is 121 Å². The molecule has 6 aromatic carbocycles. The summed E-state index contributed by atoms with van der Waals surface area (Å²) in [5, 5.41) is 9.20. The van der Waals surface area contributed by atoms with Crippen LogP contribution < -0.4 is 14.2 Å². The van der Waals surface area contributed by atoms with Gasteiger partial charge in [0.25, 0.3) is 0 Å². The molecule has 73 heavy (non-hydrogen) atoms. The summed E-state index contributed by atoms with van der Waals surface area (Å²) in [6, 6.07) is 36.6. The van der Waals surface area contributed by atoms with E-state index in [-0.39, 0.29) is 52.0 Å². The molecule has 0 spiro atoms. The van der Waals surface area contributed by atoms with Crippen molar-refractivity contribution in [1.82, 2.24) is 0 Å². The SMILES string of the molecule is CCC[C@@H](CC(=O)OC)c1ccc(O)cc1.CCC[C@@H](CC(=O)OC)c1ccc(OCc2ccc(C(C)(C)C)c(-c3cc(OC)ccc3F)c2)cc1.COc1ccc(F)c(-c2cc(CCl)ccc2C(C)(C)C)c1. The number of aromatic hydroxyl groups is 1. The third-order valence-corrected chi connectivity index (χ3v) is 12.9. The van der Waals surface area contributed by atoms with Crippen LogP contribution in [0, 0.1) is 11.6 Å². The van der Waals surface area contributed by atoms with Crippen molar-refractivity contribution in [3.63, 3.8) is 0 Å². The van der Waals surface area contributed by atoms with E-state index in [4.69, 9.17) is 30.5 Å². The van der Waals surface area contributed by atoms with Crippen LogP contribution in [0.25, 0.3) is 22.3 Å². The third-order valence-electron chi connectivity index (χ3n) is 12.5. The standard InChI is InChI=1S/C31H37FO4.C18H20ClFO.C13H18O3/c1-7-8-23(18-30(33)35-6)22-10-12-24(13-11-22)36-20-21-9-15-28(31(2,3)4)26(17-21)27-19-25(34-5)14-16-29(27)32;1-18(2,3)16-7-5-12(11-19)9-14(16)15-10-13(21-4)6-8-17(15)20;1-3-4-11(9-13(15)16-2)10-5-7-12(14)8-6-10/h9-17,19,23H,7-8,18,20H2,1-6H3;5-10H,11H2,1-4H3;5-8,11,14H,3-4,9H2,1-2H3/t23-;;11-/m0.0/s1. The van der Waals surface area contributed by atoms with Gasteiger partial charge in [-0.2, -0.15) is 0 Å². The summed E-state index contributed by atoms with van der Waals surface area (Å²) < 4.78 is 55.4. The molecule has 6 rings (SSSR count). The van der Waals surface area contributed by atoms with Crippen molar-refractivity contribution in [3.8, 4) is 45.3 Å². The van der Waals surface area contributed by atoms with Crippen LogP contribution in [0.5, 0.6) is 23.0 Å². The minimum absolute atomic E-state index is 0.0876. The maximum Gasteiger partial charge on any atom is 0.306 e. The van der Waals surface area contributed by atoms with Crippen LogP contribution in [0.3, 0.4) is 0 Å². The van der Waals surface area contributed by atoms with Crippen molar-refractivity contribution < 1.29 is 47.2 Å². The number of benzene rings is 6. The number of hydrogen-bond donors (Lipinski definition) is 1. The van der Waals surface area contributed by atoms with Crippen LogP contribution >= 0.6 is 11.6 Å². The average Bonchev–Trinajstić information content (AvgIpc) is 3.38. The number of carbonyl (C=O) groups excluding carboxylic acids is 2. The Balaban J connectivity index is 0.000000263. The lowest BCUT2D eigenvalue weighted by atomic mass is 9.81. The maximum absolute atomic E-state index is 14.9. The predicted molar refractivity (Wildman–Crippen MR) is 291 cm³/mol. The van der Waals surface area contributed by atoms with Crippen molar-refractivity contribution in [2.75, 3.05) is 28.4 Å². The van der Waals surface area contributed by atoms with Gasteiger partial charge in [-0.25, -0.2) is 8.78 Å². The fraction of sp³-hybridized carbons (Fsp3) is 0.387. The van der Waals surface area contributed by atoms with Crippen molar-refractivity contribution in [2.24, 2.45) is 0 Å². The highest BCUT2D eigenvalue weighted by Gasteiger charge is 2.24. The van der Waals surface area contributed by atoms with E-state index in [1.54, 1.807) is 50.6 Å². The van der Waals surface area contributed by atoms with Gasteiger partial charge in [0.2, 0.25) is 0 Å². The van der Waals surface area contributed by atoms with E-state index in [1.165, 1.54) is 26.4 Å². The molecule has 0 bridgehead atoms. The summed E-state index contributed by atoms with van der Waals surface area (Å²) in [5.74, 6) is 2.02. The summed E-state index contributed by atoms with van der Waals surface area (Å²) in [5.41, 5.74) is 8.74. The molecule has 0 radical (unpaired) electrons. The molecule has 1 N–H and O–H groups in total. The van der Waals surface area contributed by atoms with E-state index in [2.05, 4.69) is 66.2 Å². The number of methoxy groups -OCH3 is 4. The van der Waals surface area contributed by atoms with E-state index >= 15 is 0 Å². The molecule has 11 heteroatoms. The second-order valence-electron chi connectivity index (χ2n) is 20.1. The zero-order valence-corrected chi connectivity index (χ0v) is 45.6. The van der Waals surface area contributed by atoms with Gasteiger partial charge in [0.05, 0.1) is 41.3 Å². The minimum atomic E-state index is -0.288. The molecule has 0 aliphatic rings. The Bertz CT molecular complexity index is 2690. The quantitative estimate of drug-likeness (QED) is 0.0671. The lowest BCUT2D eigenvalue weighted by Crippen LogP contribution is -2.13. The zero-order chi connectivity index (χ0) is 53.9. The van der Waals surface area contributed by atoms with E-state index in [1.807, 2.05) is 66.7 Å². The number of phenols is 1. The van der Waals surface area contributed by atoms with Gasteiger partial charge < -0.3 is 28.8 Å². The Morgan fingerprint density at radius 3 is 1.32 bits per heavy atom. The lowest BCUT2D eigenvalue weighted by Gasteiger charge is -2.24. The molecule has 0 saturated heterocycles. The number of halogens is 3. The van der Waals surface area contributed by atoms with E-state index in [0.29, 0.717) is 48.0 Å². The Labute approximate surface area is 438 Å². The van der Waals surface area contributed by atoms with E-state index in [0.717, 1.165) is 75.9 Å². The van der Waals surface area contributed by atoms with Gasteiger partial charge in [-0.15, -0.1) is 11.6 Å². The first kappa shape index (κ1) is 59.2. The second-order valence-corrected chi connectivity index (χ2v) is 20.3. The molecule has 0 heterocycles. The number of hydrogen-bond acceptors (Lipinski definition) is 8. The third kappa shape index (κ3) is 17.7. The summed E-state index contributed by atoms with van der Waals surface area (Å²) in [6.45, 7) is 17.2. The van der Waals surface area contributed by atoms with Crippen molar-refractivity contribution in [1.29, 1.82) is 0 Å². The molecule has 392 valence electrons. The van der Waals surface area contributed by atoms with Crippen molar-refractivity contribution in [3.05, 3.63) is 166 Å². The van der Waals surface area contributed by atoms with Gasteiger partial charge in [0.1, 0.15) is 41.2 Å². The molecule has 0 fully saturated rings. The predicted octanol–water partition coefficient (Wildman–Crippen LogP) is 16.2.